The zero-order valence-corrected chi connectivity index (χ0v) is 8.45. The van der Waals surface area contributed by atoms with Crippen molar-refractivity contribution in [3.63, 3.8) is 0 Å². The van der Waals surface area contributed by atoms with Crippen molar-refractivity contribution in [2.24, 2.45) is 11.5 Å². The highest BCUT2D eigenvalue weighted by atomic mass is 16.3. The summed E-state index contributed by atoms with van der Waals surface area (Å²) in [6.07, 6.45) is 2.04. The molecule has 0 rings (SSSR count). The van der Waals surface area contributed by atoms with Crippen LogP contribution in [0.15, 0.2) is 0 Å². The monoisotopic (exact) mass is 196 g/mol. The van der Waals surface area contributed by atoms with Crippen LogP contribution in [-0.2, 0) is 0 Å². The van der Waals surface area contributed by atoms with Gasteiger partial charge in [-0.05, 0) is 6.42 Å². The number of hydrogen-bond donors (Lipinski definition) is 5. The van der Waals surface area contributed by atoms with Gasteiger partial charge in [-0.15, -0.1) is 0 Å². The highest BCUT2D eigenvalue weighted by Crippen LogP contribution is 1.78. The molecule has 0 aliphatic heterocycles. The number of aliphatic hydroxyl groups is 3. The summed E-state index contributed by atoms with van der Waals surface area (Å²) in [6.45, 7) is 3.34. The van der Waals surface area contributed by atoms with Gasteiger partial charge in [0.2, 0.25) is 0 Å². The summed E-state index contributed by atoms with van der Waals surface area (Å²) in [7, 11) is 0. The molecule has 0 fully saturated rings. The van der Waals surface area contributed by atoms with Crippen LogP contribution in [0.1, 0.15) is 19.8 Å². The third-order valence-electron chi connectivity index (χ3n) is 0.770. The zero-order chi connectivity index (χ0) is 10.9. The lowest BCUT2D eigenvalue weighted by Gasteiger charge is -1.79. The molecule has 0 bridgehead atoms. The minimum absolute atomic E-state index is 0.0972. The van der Waals surface area contributed by atoms with Crippen LogP contribution in [0.2, 0.25) is 0 Å². The third-order valence-corrected chi connectivity index (χ3v) is 0.770. The molecule has 0 aromatic heterocycles. The SMILES string of the molecule is CCCCO.NCCO.NCCO. The molecule has 0 atom stereocenters. The minimum atomic E-state index is 0.0972. The lowest BCUT2D eigenvalue weighted by Crippen LogP contribution is -2.02. The smallest absolute Gasteiger partial charge is 0.0553 e. The van der Waals surface area contributed by atoms with Crippen molar-refractivity contribution in [1.82, 2.24) is 0 Å². The second-order valence-electron chi connectivity index (χ2n) is 2.10. The van der Waals surface area contributed by atoms with E-state index in [1.54, 1.807) is 0 Å². The lowest BCUT2D eigenvalue weighted by molar-refractivity contribution is 0.287. The fourth-order valence-corrected chi connectivity index (χ4v) is 0.158. The highest BCUT2D eigenvalue weighted by molar-refractivity contribution is 4.23. The molecule has 5 heteroatoms. The molecule has 7 N–H and O–H groups in total. The molecule has 0 spiro atoms. The van der Waals surface area contributed by atoms with E-state index < -0.39 is 0 Å². The Kier molecular flexibility index (Phi) is 42.5. The molecular weight excluding hydrogens is 172 g/mol. The Hall–Kier alpha value is -0.200. The minimum Gasteiger partial charge on any atom is -0.396 e. The fourth-order valence-electron chi connectivity index (χ4n) is 0.158. The molecule has 0 radical (unpaired) electrons. The molecule has 0 amide bonds. The van der Waals surface area contributed by atoms with Crippen molar-refractivity contribution in [1.29, 1.82) is 0 Å². The first kappa shape index (κ1) is 18.6. The topological polar surface area (TPSA) is 113 Å². The van der Waals surface area contributed by atoms with E-state index in [-0.39, 0.29) is 13.2 Å². The van der Waals surface area contributed by atoms with Crippen molar-refractivity contribution >= 4 is 0 Å². The van der Waals surface area contributed by atoms with Gasteiger partial charge in [0.1, 0.15) is 0 Å². The summed E-state index contributed by atoms with van der Waals surface area (Å²) in [5.41, 5.74) is 9.56. The van der Waals surface area contributed by atoms with Gasteiger partial charge in [-0.25, -0.2) is 0 Å². The molecule has 0 aromatic carbocycles. The lowest BCUT2D eigenvalue weighted by atomic mass is 10.4. The first-order valence-corrected chi connectivity index (χ1v) is 4.47. The van der Waals surface area contributed by atoms with Crippen LogP contribution < -0.4 is 11.5 Å². The average molecular weight is 196 g/mol. The number of hydrogen-bond acceptors (Lipinski definition) is 5. The van der Waals surface area contributed by atoms with Crippen LogP contribution in [-0.4, -0.2) is 48.2 Å². The average Bonchev–Trinajstić information content (AvgIpc) is 2.20. The van der Waals surface area contributed by atoms with Crippen LogP contribution in [0.25, 0.3) is 0 Å². The summed E-state index contributed by atoms with van der Waals surface area (Å²) in [5.74, 6) is 0. The van der Waals surface area contributed by atoms with E-state index in [0.717, 1.165) is 12.8 Å². The first-order valence-electron chi connectivity index (χ1n) is 4.47. The van der Waals surface area contributed by atoms with Gasteiger partial charge in [-0.3, -0.25) is 0 Å². The molecule has 0 aromatic rings. The van der Waals surface area contributed by atoms with E-state index in [4.69, 9.17) is 26.8 Å². The fraction of sp³-hybridized carbons (Fsp3) is 1.00. The van der Waals surface area contributed by atoms with Gasteiger partial charge in [-0.1, -0.05) is 13.3 Å². The van der Waals surface area contributed by atoms with Crippen molar-refractivity contribution in [2.45, 2.75) is 19.8 Å². The Morgan fingerprint density at radius 3 is 1.15 bits per heavy atom. The molecule has 84 valence electrons. The van der Waals surface area contributed by atoms with Crippen molar-refractivity contribution in [3.05, 3.63) is 0 Å². The predicted octanol–water partition coefficient (Wildman–Crippen LogP) is -1.35. The van der Waals surface area contributed by atoms with E-state index in [9.17, 15) is 0 Å². The maximum absolute atomic E-state index is 8.07. The van der Waals surface area contributed by atoms with Gasteiger partial charge in [0.05, 0.1) is 13.2 Å². The molecule has 13 heavy (non-hydrogen) atoms. The molecule has 0 saturated carbocycles. The van der Waals surface area contributed by atoms with E-state index in [2.05, 4.69) is 6.92 Å². The van der Waals surface area contributed by atoms with Gasteiger partial charge >= 0.3 is 0 Å². The first-order chi connectivity index (χ1) is 6.24. The Morgan fingerprint density at radius 2 is 1.15 bits per heavy atom. The van der Waals surface area contributed by atoms with Crippen LogP contribution in [0, 0.1) is 0 Å². The van der Waals surface area contributed by atoms with E-state index in [0.29, 0.717) is 19.7 Å². The number of unbranched alkanes of at least 4 members (excludes halogenated alkanes) is 1. The number of nitrogens with two attached hydrogens (primary N) is 2. The van der Waals surface area contributed by atoms with Gasteiger partial charge in [0.15, 0.2) is 0 Å². The molecule has 0 unspecified atom stereocenters. The second-order valence-corrected chi connectivity index (χ2v) is 2.10. The maximum atomic E-state index is 8.07. The van der Waals surface area contributed by atoms with E-state index >= 15 is 0 Å². The molecular formula is C8H24N2O3. The largest absolute Gasteiger partial charge is 0.396 e. The summed E-state index contributed by atoms with van der Waals surface area (Å²) < 4.78 is 0. The quantitative estimate of drug-likeness (QED) is 0.382. The van der Waals surface area contributed by atoms with Crippen LogP contribution >= 0.6 is 0 Å². The number of aliphatic hydroxyl groups excluding tert-OH is 3. The molecule has 0 aliphatic carbocycles. The normalized spacial score (nSPS) is 7.85. The van der Waals surface area contributed by atoms with Crippen molar-refractivity contribution in [2.75, 3.05) is 32.9 Å². The molecule has 5 nitrogen and oxygen atoms in total. The summed E-state index contributed by atoms with van der Waals surface area (Å²) in [4.78, 5) is 0. The standard InChI is InChI=1S/C4H10O.2C2H7NO/c1-2-3-4-5;2*3-1-2-4/h5H,2-4H2,1H3;2*4H,1-3H2. The van der Waals surface area contributed by atoms with Gasteiger partial charge in [0.25, 0.3) is 0 Å². The molecule has 0 aliphatic rings. The predicted molar refractivity (Wildman–Crippen MR) is 54.3 cm³/mol. The van der Waals surface area contributed by atoms with Gasteiger partial charge in [-0.2, -0.15) is 0 Å². The van der Waals surface area contributed by atoms with Gasteiger partial charge < -0.3 is 26.8 Å². The molecule has 0 heterocycles. The van der Waals surface area contributed by atoms with Crippen molar-refractivity contribution < 1.29 is 15.3 Å². The second kappa shape index (κ2) is 29.8. The Labute approximate surface area is 80.4 Å². The number of rotatable bonds is 4. The van der Waals surface area contributed by atoms with Crippen molar-refractivity contribution in [3.8, 4) is 0 Å². The van der Waals surface area contributed by atoms with Gasteiger partial charge in [0, 0.05) is 19.7 Å². The zero-order valence-electron chi connectivity index (χ0n) is 8.45. The summed E-state index contributed by atoms with van der Waals surface area (Å²) >= 11 is 0. The van der Waals surface area contributed by atoms with E-state index in [1.807, 2.05) is 0 Å². The van der Waals surface area contributed by atoms with Crippen LogP contribution in [0.5, 0.6) is 0 Å². The third kappa shape index (κ3) is 78.5. The Bertz CT molecular complexity index is 46.7. The maximum Gasteiger partial charge on any atom is 0.0553 e. The van der Waals surface area contributed by atoms with Crippen LogP contribution in [0.3, 0.4) is 0 Å². The Balaban J connectivity index is -0.000000117. The molecule has 0 saturated heterocycles. The highest BCUT2D eigenvalue weighted by Gasteiger charge is 1.69. The Morgan fingerprint density at radius 1 is 0.846 bits per heavy atom. The summed E-state index contributed by atoms with van der Waals surface area (Å²) in [6, 6.07) is 0. The van der Waals surface area contributed by atoms with E-state index in [1.165, 1.54) is 0 Å². The van der Waals surface area contributed by atoms with Crippen LogP contribution in [0.4, 0.5) is 0 Å². The summed E-state index contributed by atoms with van der Waals surface area (Å²) in [5, 5.41) is 23.6.